The fourth-order valence-corrected chi connectivity index (χ4v) is 6.68. The molecule has 0 spiro atoms. The molecule has 29 heavy (non-hydrogen) atoms. The molecule has 2 rings (SSSR count). The second kappa shape index (κ2) is 10.7. The maximum atomic E-state index is 12.2. The normalized spacial score (nSPS) is 36.7. The maximum Gasteiger partial charge on any atom is 0.397 e. The van der Waals surface area contributed by atoms with Crippen LogP contribution in [-0.2, 0) is 44.5 Å². The molecule has 0 bridgehead atoms. The smallest absolute Gasteiger partial charge is 0.397 e. The average molecular weight is 462 g/mol. The number of rotatable bonds is 9. The molecule has 4 N–H and O–H groups in total. The number of carbonyl (C=O) groups is 1. The topological polar surface area (TPSA) is 169 Å². The van der Waals surface area contributed by atoms with E-state index in [2.05, 4.69) is 4.18 Å². The number of ether oxygens (including phenoxy) is 3. The lowest BCUT2D eigenvalue weighted by Crippen LogP contribution is -2.53. The Bertz CT molecular complexity index is 643. The highest BCUT2D eigenvalue weighted by atomic mass is 32.3. The standard InChI is InChI=1S/C16H28O11S2/c1-3-9(15(20)24-4-2)16-25-6-11(27-29(21,22)23)12(26-16)8-28-7-10(18)14(19)13(28)5-17/h9-14,16-19H,3-8H2,1-2H3/p+1/t9?,10-,11+,12-,13-,14+,16?,28?/m1/s1. The van der Waals surface area contributed by atoms with Crippen LogP contribution in [0.5, 0.6) is 0 Å². The van der Waals surface area contributed by atoms with Gasteiger partial charge in [0.05, 0.1) is 19.8 Å². The summed E-state index contributed by atoms with van der Waals surface area (Å²) in [5, 5.41) is 28.9. The Hall–Kier alpha value is -0.510. The van der Waals surface area contributed by atoms with Crippen LogP contribution in [0.15, 0.2) is 0 Å². The van der Waals surface area contributed by atoms with Gasteiger partial charge in [-0.1, -0.05) is 6.92 Å². The van der Waals surface area contributed by atoms with Crippen molar-refractivity contribution in [1.82, 2.24) is 0 Å². The molecule has 2 fully saturated rings. The summed E-state index contributed by atoms with van der Waals surface area (Å²) in [6.45, 7) is 2.96. The Kier molecular flexibility index (Phi) is 9.12. The van der Waals surface area contributed by atoms with E-state index in [1.807, 2.05) is 0 Å². The molecule has 0 saturated carbocycles. The van der Waals surface area contributed by atoms with Gasteiger partial charge in [-0.05, 0) is 13.3 Å². The quantitative estimate of drug-likeness (QED) is 0.174. The van der Waals surface area contributed by atoms with Crippen molar-refractivity contribution < 1.29 is 51.5 Å². The summed E-state index contributed by atoms with van der Waals surface area (Å²) < 4.78 is 52.5. The van der Waals surface area contributed by atoms with E-state index in [-0.39, 0.29) is 31.3 Å². The minimum absolute atomic E-state index is 0.138. The van der Waals surface area contributed by atoms with Crippen LogP contribution >= 0.6 is 0 Å². The van der Waals surface area contributed by atoms with Gasteiger partial charge in [0.1, 0.15) is 41.8 Å². The van der Waals surface area contributed by atoms with Gasteiger partial charge in [-0.2, -0.15) is 8.42 Å². The first-order chi connectivity index (χ1) is 13.6. The molecule has 8 atom stereocenters. The molecule has 2 aliphatic rings. The summed E-state index contributed by atoms with van der Waals surface area (Å²) in [5.74, 6) is -0.930. The van der Waals surface area contributed by atoms with Gasteiger partial charge in [0.25, 0.3) is 0 Å². The van der Waals surface area contributed by atoms with Crippen LogP contribution in [0.2, 0.25) is 0 Å². The Morgan fingerprint density at radius 2 is 2.00 bits per heavy atom. The fraction of sp³-hybridized carbons (Fsp3) is 0.938. The van der Waals surface area contributed by atoms with E-state index < -0.39 is 69.1 Å². The van der Waals surface area contributed by atoms with Crippen molar-refractivity contribution >= 4 is 27.3 Å². The predicted octanol–water partition coefficient (Wildman–Crippen LogP) is -1.78. The van der Waals surface area contributed by atoms with E-state index in [1.54, 1.807) is 13.8 Å². The Morgan fingerprint density at radius 1 is 1.31 bits per heavy atom. The van der Waals surface area contributed by atoms with Crippen LogP contribution in [0.1, 0.15) is 20.3 Å². The third-order valence-corrected chi connectivity index (χ3v) is 8.20. The van der Waals surface area contributed by atoms with Crippen LogP contribution in [0.4, 0.5) is 0 Å². The first kappa shape index (κ1) is 24.8. The minimum Gasteiger partial charge on any atom is -0.466 e. The number of aliphatic hydroxyl groups excluding tert-OH is 3. The van der Waals surface area contributed by atoms with Gasteiger partial charge in [-0.3, -0.25) is 9.35 Å². The fourth-order valence-electron chi connectivity index (χ4n) is 3.42. The zero-order chi connectivity index (χ0) is 21.8. The second-order valence-corrected chi connectivity index (χ2v) is 10.3. The van der Waals surface area contributed by atoms with Crippen LogP contribution in [0.3, 0.4) is 0 Å². The molecule has 2 aliphatic heterocycles. The molecule has 0 amide bonds. The maximum absolute atomic E-state index is 12.2. The zero-order valence-corrected chi connectivity index (χ0v) is 17.9. The molecule has 0 aromatic carbocycles. The summed E-state index contributed by atoms with van der Waals surface area (Å²) in [4.78, 5) is 12.2. The molecule has 0 radical (unpaired) electrons. The number of aliphatic hydroxyl groups is 3. The van der Waals surface area contributed by atoms with Gasteiger partial charge < -0.3 is 29.5 Å². The molecule has 2 heterocycles. The summed E-state index contributed by atoms with van der Waals surface area (Å²) in [5.41, 5.74) is 0. The molecule has 0 aromatic rings. The van der Waals surface area contributed by atoms with Gasteiger partial charge in [0.2, 0.25) is 0 Å². The largest absolute Gasteiger partial charge is 0.466 e. The van der Waals surface area contributed by atoms with Crippen molar-refractivity contribution in [2.75, 3.05) is 31.3 Å². The van der Waals surface area contributed by atoms with E-state index in [9.17, 15) is 28.5 Å². The third-order valence-electron chi connectivity index (χ3n) is 4.90. The SMILES string of the molecule is CCOC(=O)C(CC)C1OC[C@H](OS(=O)(=O)O)[C@@H](C[S+]2C[C@@H](O)[C@H](O)[C@H]2CO)O1. The lowest BCUT2D eigenvalue weighted by Gasteiger charge is -2.37. The molecule has 13 heteroatoms. The molecule has 11 nitrogen and oxygen atoms in total. The first-order valence-electron chi connectivity index (χ1n) is 9.33. The lowest BCUT2D eigenvalue weighted by molar-refractivity contribution is -0.261. The summed E-state index contributed by atoms with van der Waals surface area (Å²) in [7, 11) is -5.52. The highest BCUT2D eigenvalue weighted by Gasteiger charge is 2.52. The van der Waals surface area contributed by atoms with Gasteiger partial charge in [0.15, 0.2) is 11.5 Å². The van der Waals surface area contributed by atoms with Crippen LogP contribution in [-0.4, -0.2) is 102 Å². The van der Waals surface area contributed by atoms with Gasteiger partial charge in [-0.15, -0.1) is 0 Å². The molecule has 0 aromatic heterocycles. The predicted molar refractivity (Wildman–Crippen MR) is 101 cm³/mol. The Morgan fingerprint density at radius 3 is 2.55 bits per heavy atom. The second-order valence-electron chi connectivity index (χ2n) is 6.86. The number of hydrogen-bond donors (Lipinski definition) is 4. The molecule has 2 saturated heterocycles. The molecule has 3 unspecified atom stereocenters. The minimum atomic E-state index is -4.80. The van der Waals surface area contributed by atoms with Crippen molar-refractivity contribution in [1.29, 1.82) is 0 Å². The third kappa shape index (κ3) is 6.48. The molecule has 0 aliphatic carbocycles. The molecule has 170 valence electrons. The summed E-state index contributed by atoms with van der Waals surface area (Å²) in [6, 6.07) is 0. The molecular formula is C16H29O11S2+. The Labute approximate surface area is 172 Å². The van der Waals surface area contributed by atoms with Gasteiger partial charge in [0, 0.05) is 10.9 Å². The Balaban J connectivity index is 2.18. The monoisotopic (exact) mass is 461 g/mol. The summed E-state index contributed by atoms with van der Waals surface area (Å²) >= 11 is 0. The van der Waals surface area contributed by atoms with Crippen molar-refractivity contribution in [3.05, 3.63) is 0 Å². The number of esters is 1. The average Bonchev–Trinajstić information content (AvgIpc) is 2.90. The van der Waals surface area contributed by atoms with E-state index in [0.717, 1.165) is 0 Å². The van der Waals surface area contributed by atoms with Gasteiger partial charge >= 0.3 is 16.4 Å². The van der Waals surface area contributed by atoms with Gasteiger partial charge in [-0.25, -0.2) is 4.18 Å². The first-order valence-corrected chi connectivity index (χ1v) is 12.3. The lowest BCUT2D eigenvalue weighted by atomic mass is 10.1. The van der Waals surface area contributed by atoms with Crippen LogP contribution < -0.4 is 0 Å². The summed E-state index contributed by atoms with van der Waals surface area (Å²) in [6.07, 6.45) is -4.91. The zero-order valence-electron chi connectivity index (χ0n) is 16.2. The van der Waals surface area contributed by atoms with Crippen molar-refractivity contribution in [3.63, 3.8) is 0 Å². The van der Waals surface area contributed by atoms with E-state index >= 15 is 0 Å². The number of carbonyl (C=O) groups excluding carboxylic acids is 1. The highest BCUT2D eigenvalue weighted by molar-refractivity contribution is 7.97. The van der Waals surface area contributed by atoms with Crippen LogP contribution in [0, 0.1) is 5.92 Å². The molecular weight excluding hydrogens is 432 g/mol. The van der Waals surface area contributed by atoms with Crippen LogP contribution in [0.25, 0.3) is 0 Å². The van der Waals surface area contributed by atoms with E-state index in [1.165, 1.54) is 0 Å². The number of hydrogen-bond acceptors (Lipinski definition) is 10. The van der Waals surface area contributed by atoms with Crippen molar-refractivity contribution in [3.8, 4) is 0 Å². The van der Waals surface area contributed by atoms with E-state index in [0.29, 0.717) is 6.42 Å². The van der Waals surface area contributed by atoms with E-state index in [4.69, 9.17) is 18.8 Å². The highest BCUT2D eigenvalue weighted by Crippen LogP contribution is 2.30. The van der Waals surface area contributed by atoms with Crippen molar-refractivity contribution in [2.24, 2.45) is 5.92 Å². The van der Waals surface area contributed by atoms with Crippen molar-refractivity contribution in [2.45, 2.75) is 56.2 Å².